The molecule has 18 heavy (non-hydrogen) atoms. The maximum Gasteiger partial charge on any atom is 0.407 e. The number of alkyl carbamates (subject to hydrolysis) is 1. The summed E-state index contributed by atoms with van der Waals surface area (Å²) < 4.78 is 9.51. The Labute approximate surface area is 116 Å². The van der Waals surface area contributed by atoms with Gasteiger partial charge in [0.05, 0.1) is 11.6 Å². The van der Waals surface area contributed by atoms with E-state index in [1.165, 1.54) is 0 Å². The highest BCUT2D eigenvalue weighted by molar-refractivity contribution is 6.32. The van der Waals surface area contributed by atoms with E-state index in [1.807, 2.05) is 0 Å². The van der Waals surface area contributed by atoms with Gasteiger partial charge in [0.25, 0.3) is 0 Å². The van der Waals surface area contributed by atoms with Crippen LogP contribution in [0.2, 0.25) is 5.02 Å². The number of halogens is 2. The molecule has 0 unspecified atom stereocenters. The van der Waals surface area contributed by atoms with E-state index in [9.17, 15) is 9.59 Å². The van der Waals surface area contributed by atoms with Crippen molar-refractivity contribution in [3.05, 3.63) is 29.3 Å². The minimum Gasteiger partial charge on any atom is -0.450 e. The van der Waals surface area contributed by atoms with Crippen LogP contribution in [0.5, 0.6) is 5.75 Å². The van der Waals surface area contributed by atoms with Crippen LogP contribution >= 0.6 is 24.0 Å². The van der Waals surface area contributed by atoms with Crippen molar-refractivity contribution in [1.29, 1.82) is 0 Å². The first kappa shape index (κ1) is 16.5. The van der Waals surface area contributed by atoms with Gasteiger partial charge in [0.15, 0.2) is 0 Å². The summed E-state index contributed by atoms with van der Waals surface area (Å²) in [6, 6.07) is 6.57. The first-order valence-electron chi connectivity index (χ1n) is 4.99. The molecule has 0 saturated carbocycles. The summed E-state index contributed by atoms with van der Waals surface area (Å²) in [5.41, 5.74) is 0. The third-order valence-corrected chi connectivity index (χ3v) is 2.03. The Morgan fingerprint density at radius 2 is 2.00 bits per heavy atom. The number of para-hydroxylation sites is 1. The van der Waals surface area contributed by atoms with Gasteiger partial charge in [-0.05, 0) is 19.1 Å². The first-order valence-corrected chi connectivity index (χ1v) is 5.37. The molecule has 0 aromatic heterocycles. The van der Waals surface area contributed by atoms with Crippen LogP contribution in [0.1, 0.15) is 6.92 Å². The number of nitrogens with one attached hydrogen (secondary N) is 1. The molecule has 0 aliphatic heterocycles. The molecule has 1 aromatic rings. The van der Waals surface area contributed by atoms with E-state index in [-0.39, 0.29) is 31.3 Å². The van der Waals surface area contributed by atoms with E-state index >= 15 is 0 Å². The van der Waals surface area contributed by atoms with Gasteiger partial charge in [-0.15, -0.1) is 12.4 Å². The van der Waals surface area contributed by atoms with Crippen LogP contribution in [-0.2, 0) is 9.53 Å². The molecule has 7 heteroatoms. The lowest BCUT2D eigenvalue weighted by atomic mass is 10.3. The largest absolute Gasteiger partial charge is 0.450 e. The van der Waals surface area contributed by atoms with Crippen LogP contribution < -0.4 is 10.1 Å². The highest BCUT2D eigenvalue weighted by atomic mass is 35.5. The van der Waals surface area contributed by atoms with Gasteiger partial charge in [0.2, 0.25) is 0 Å². The van der Waals surface area contributed by atoms with Crippen LogP contribution in [0.4, 0.5) is 4.79 Å². The molecule has 0 fully saturated rings. The molecular weight excluding hydrogens is 281 g/mol. The molecule has 0 bridgehead atoms. The van der Waals surface area contributed by atoms with Crippen LogP contribution in [0.3, 0.4) is 0 Å². The van der Waals surface area contributed by atoms with Gasteiger partial charge in [-0.3, -0.25) is 0 Å². The van der Waals surface area contributed by atoms with E-state index in [4.69, 9.17) is 16.3 Å². The molecule has 0 heterocycles. The van der Waals surface area contributed by atoms with E-state index in [2.05, 4.69) is 10.1 Å². The number of carbonyl (C=O) groups excluding carboxylic acids is 2. The van der Waals surface area contributed by atoms with Crippen LogP contribution in [-0.4, -0.2) is 25.2 Å². The highest BCUT2D eigenvalue weighted by Crippen LogP contribution is 2.22. The molecule has 0 atom stereocenters. The smallest absolute Gasteiger partial charge is 0.407 e. The zero-order valence-electron chi connectivity index (χ0n) is 9.64. The molecule has 0 spiro atoms. The highest BCUT2D eigenvalue weighted by Gasteiger charge is 2.09. The first-order chi connectivity index (χ1) is 8.13. The van der Waals surface area contributed by atoms with E-state index < -0.39 is 12.1 Å². The summed E-state index contributed by atoms with van der Waals surface area (Å²) in [5.74, 6) is -0.365. The van der Waals surface area contributed by atoms with Gasteiger partial charge in [-0.1, -0.05) is 23.7 Å². The van der Waals surface area contributed by atoms with Crippen molar-refractivity contribution in [1.82, 2.24) is 5.32 Å². The Kier molecular flexibility index (Phi) is 7.91. The SMILES string of the molecule is CCOC(=O)NCC(=O)Oc1ccccc1Cl.Cl. The predicted molar refractivity (Wildman–Crippen MR) is 69.4 cm³/mol. The van der Waals surface area contributed by atoms with Gasteiger partial charge in [0.1, 0.15) is 12.3 Å². The summed E-state index contributed by atoms with van der Waals surface area (Å²) in [6.45, 7) is 1.64. The molecule has 0 aliphatic rings. The molecule has 1 rings (SSSR count). The average molecular weight is 294 g/mol. The fourth-order valence-electron chi connectivity index (χ4n) is 1.01. The van der Waals surface area contributed by atoms with Gasteiger partial charge in [-0.25, -0.2) is 9.59 Å². The van der Waals surface area contributed by atoms with Crippen LogP contribution in [0.25, 0.3) is 0 Å². The lowest BCUT2D eigenvalue weighted by molar-refractivity contribution is -0.133. The third-order valence-electron chi connectivity index (χ3n) is 1.71. The molecule has 0 saturated heterocycles. The number of benzene rings is 1. The lowest BCUT2D eigenvalue weighted by Crippen LogP contribution is -2.32. The molecule has 0 aliphatic carbocycles. The van der Waals surface area contributed by atoms with Crippen molar-refractivity contribution in [2.75, 3.05) is 13.2 Å². The third kappa shape index (κ3) is 5.75. The van der Waals surface area contributed by atoms with Gasteiger partial charge in [-0.2, -0.15) is 0 Å². The quantitative estimate of drug-likeness (QED) is 0.684. The number of carbonyl (C=O) groups is 2. The monoisotopic (exact) mass is 293 g/mol. The summed E-state index contributed by atoms with van der Waals surface area (Å²) in [5, 5.41) is 2.57. The van der Waals surface area contributed by atoms with Crippen molar-refractivity contribution in [3.8, 4) is 5.75 Å². The zero-order valence-corrected chi connectivity index (χ0v) is 11.2. The number of amides is 1. The van der Waals surface area contributed by atoms with E-state index in [0.717, 1.165) is 0 Å². The number of hydrogen-bond acceptors (Lipinski definition) is 4. The second-order valence-electron chi connectivity index (χ2n) is 2.98. The molecular formula is C11H13Cl2NO4. The summed E-state index contributed by atoms with van der Waals surface area (Å²) in [7, 11) is 0. The fraction of sp³-hybridized carbons (Fsp3) is 0.273. The van der Waals surface area contributed by atoms with Gasteiger partial charge in [0, 0.05) is 0 Å². The van der Waals surface area contributed by atoms with Crippen molar-refractivity contribution in [2.24, 2.45) is 0 Å². The summed E-state index contributed by atoms with van der Waals surface area (Å²) in [4.78, 5) is 22.2. The van der Waals surface area contributed by atoms with Gasteiger partial charge >= 0.3 is 12.1 Å². The average Bonchev–Trinajstić information content (AvgIpc) is 2.30. The van der Waals surface area contributed by atoms with Crippen LogP contribution in [0, 0.1) is 0 Å². The van der Waals surface area contributed by atoms with E-state index in [1.54, 1.807) is 31.2 Å². The second kappa shape index (κ2) is 8.60. The summed E-state index contributed by atoms with van der Waals surface area (Å²) in [6.07, 6.45) is -0.663. The number of esters is 1. The standard InChI is InChI=1S/C11H12ClNO4.ClH/c1-2-16-11(15)13-7-10(14)17-9-6-4-3-5-8(9)12;/h3-6H,2,7H2,1H3,(H,13,15);1H. The zero-order chi connectivity index (χ0) is 12.7. The maximum absolute atomic E-state index is 11.3. The Hall–Kier alpha value is -1.46. The molecule has 100 valence electrons. The number of rotatable bonds is 4. The molecule has 5 nitrogen and oxygen atoms in total. The van der Waals surface area contributed by atoms with Crippen molar-refractivity contribution >= 4 is 36.1 Å². The lowest BCUT2D eigenvalue weighted by Gasteiger charge is -2.06. The normalized spacial score (nSPS) is 9.00. The van der Waals surface area contributed by atoms with Gasteiger partial charge < -0.3 is 14.8 Å². The van der Waals surface area contributed by atoms with Crippen molar-refractivity contribution < 1.29 is 19.1 Å². The van der Waals surface area contributed by atoms with Crippen molar-refractivity contribution in [3.63, 3.8) is 0 Å². The predicted octanol–water partition coefficient (Wildman–Crippen LogP) is 2.41. The molecule has 0 radical (unpaired) electrons. The van der Waals surface area contributed by atoms with E-state index in [0.29, 0.717) is 5.02 Å². The minimum absolute atomic E-state index is 0. The Balaban J connectivity index is 0.00000289. The Morgan fingerprint density at radius 1 is 1.33 bits per heavy atom. The topological polar surface area (TPSA) is 64.6 Å². The molecule has 1 aromatic carbocycles. The van der Waals surface area contributed by atoms with Crippen LogP contribution in [0.15, 0.2) is 24.3 Å². The number of ether oxygens (including phenoxy) is 2. The maximum atomic E-state index is 11.3. The second-order valence-corrected chi connectivity index (χ2v) is 3.39. The number of hydrogen-bond donors (Lipinski definition) is 1. The summed E-state index contributed by atoms with van der Waals surface area (Å²) >= 11 is 5.79. The Morgan fingerprint density at radius 3 is 2.61 bits per heavy atom. The van der Waals surface area contributed by atoms with Crippen molar-refractivity contribution in [2.45, 2.75) is 6.92 Å². The molecule has 1 amide bonds. The minimum atomic E-state index is -0.663. The fourth-order valence-corrected chi connectivity index (χ4v) is 1.19. The Bertz CT molecular complexity index is 412. The molecule has 1 N–H and O–H groups in total.